The van der Waals surface area contributed by atoms with Gasteiger partial charge in [-0.3, -0.25) is 0 Å². The molecule has 2 N–H and O–H groups in total. The molecule has 7 heteroatoms. The summed E-state index contributed by atoms with van der Waals surface area (Å²) in [6.45, 7) is 0.242. The van der Waals surface area contributed by atoms with E-state index in [0.717, 1.165) is 16.9 Å². The van der Waals surface area contributed by atoms with Gasteiger partial charge in [0.25, 0.3) is 10.0 Å². The first-order chi connectivity index (χ1) is 9.43. The number of nitrogens with zero attached hydrogens (tertiary/aromatic N) is 2. The average Bonchev–Trinajstić information content (AvgIpc) is 2.87. The van der Waals surface area contributed by atoms with Crippen LogP contribution in [0.1, 0.15) is 11.1 Å². The second-order valence-electron chi connectivity index (χ2n) is 4.27. The van der Waals surface area contributed by atoms with Gasteiger partial charge >= 0.3 is 0 Å². The van der Waals surface area contributed by atoms with Crippen molar-refractivity contribution >= 4 is 27.0 Å². The Labute approximate surface area is 121 Å². The number of nitriles is 1. The van der Waals surface area contributed by atoms with Gasteiger partial charge in [-0.1, -0.05) is 12.1 Å². The van der Waals surface area contributed by atoms with E-state index in [9.17, 15) is 8.42 Å². The lowest BCUT2D eigenvalue weighted by Crippen LogP contribution is -2.25. The summed E-state index contributed by atoms with van der Waals surface area (Å²) in [7, 11) is -2.01. The third-order valence-corrected chi connectivity index (χ3v) is 5.99. The molecule has 20 heavy (non-hydrogen) atoms. The smallest absolute Gasteiger partial charge is 0.252 e. The quantitative estimate of drug-likeness (QED) is 0.936. The first-order valence-electron chi connectivity index (χ1n) is 5.73. The summed E-state index contributed by atoms with van der Waals surface area (Å²) in [6, 6.07) is 10.3. The number of benzene rings is 1. The number of rotatable bonds is 4. The van der Waals surface area contributed by atoms with Crippen LogP contribution in [0.15, 0.2) is 39.9 Å². The lowest BCUT2D eigenvalue weighted by atomic mass is 10.1. The van der Waals surface area contributed by atoms with Crippen LogP contribution in [0.25, 0.3) is 0 Å². The zero-order valence-corrected chi connectivity index (χ0v) is 12.4. The largest absolute Gasteiger partial charge is 0.398 e. The van der Waals surface area contributed by atoms with E-state index in [-0.39, 0.29) is 10.8 Å². The predicted octanol–water partition coefficient (Wildman–Crippen LogP) is 2.02. The van der Waals surface area contributed by atoms with E-state index in [0.29, 0.717) is 11.3 Å². The SMILES string of the molecule is CN(Cc1ccc(C#N)cc1)S(=O)(=O)c1cc(N)cs1. The molecule has 0 atom stereocenters. The van der Waals surface area contributed by atoms with Gasteiger partial charge in [0.2, 0.25) is 0 Å². The second kappa shape index (κ2) is 5.63. The molecule has 0 aliphatic carbocycles. The fourth-order valence-electron chi connectivity index (χ4n) is 1.65. The molecule has 0 fully saturated rings. The lowest BCUT2D eigenvalue weighted by molar-refractivity contribution is 0.468. The molecule has 0 amide bonds. The Morgan fingerprint density at radius 3 is 2.50 bits per heavy atom. The van der Waals surface area contributed by atoms with Gasteiger partial charge in [0.15, 0.2) is 0 Å². The van der Waals surface area contributed by atoms with Crippen molar-refractivity contribution in [2.75, 3.05) is 12.8 Å². The van der Waals surface area contributed by atoms with Gasteiger partial charge in [0, 0.05) is 24.7 Å². The van der Waals surface area contributed by atoms with Crippen LogP contribution >= 0.6 is 11.3 Å². The van der Waals surface area contributed by atoms with Crippen LogP contribution in [-0.2, 0) is 16.6 Å². The predicted molar refractivity (Wildman–Crippen MR) is 78.5 cm³/mol. The fourth-order valence-corrected chi connectivity index (χ4v) is 4.09. The summed E-state index contributed by atoms with van der Waals surface area (Å²) >= 11 is 1.10. The first-order valence-corrected chi connectivity index (χ1v) is 8.05. The highest BCUT2D eigenvalue weighted by atomic mass is 32.2. The standard InChI is InChI=1S/C13H13N3O2S2/c1-16(8-11-4-2-10(7-14)3-5-11)20(17,18)13-6-12(15)9-19-13/h2-6,9H,8,15H2,1H3. The van der Waals surface area contributed by atoms with Crippen LogP contribution in [-0.4, -0.2) is 19.8 Å². The van der Waals surface area contributed by atoms with Crippen LogP contribution in [0.2, 0.25) is 0 Å². The molecule has 0 aliphatic rings. The number of anilines is 1. The minimum atomic E-state index is -3.53. The Morgan fingerprint density at radius 2 is 2.00 bits per heavy atom. The third kappa shape index (κ3) is 2.99. The zero-order chi connectivity index (χ0) is 14.8. The third-order valence-electron chi connectivity index (χ3n) is 2.75. The van der Waals surface area contributed by atoms with Crippen LogP contribution < -0.4 is 5.73 Å². The Bertz CT molecular complexity index is 743. The highest BCUT2D eigenvalue weighted by Gasteiger charge is 2.22. The lowest BCUT2D eigenvalue weighted by Gasteiger charge is -2.16. The maximum Gasteiger partial charge on any atom is 0.252 e. The van der Waals surface area contributed by atoms with E-state index < -0.39 is 10.0 Å². The molecule has 0 spiro atoms. The molecular weight excluding hydrogens is 294 g/mol. The second-order valence-corrected chi connectivity index (χ2v) is 7.45. The number of hydrogen-bond acceptors (Lipinski definition) is 5. The van der Waals surface area contributed by atoms with Crippen molar-refractivity contribution in [3.8, 4) is 6.07 Å². The van der Waals surface area contributed by atoms with Crippen molar-refractivity contribution in [1.29, 1.82) is 5.26 Å². The van der Waals surface area contributed by atoms with Crippen molar-refractivity contribution in [3.05, 3.63) is 46.8 Å². The molecule has 1 aromatic carbocycles. The molecule has 1 heterocycles. The normalized spacial score (nSPS) is 11.4. The molecule has 2 aromatic rings. The Morgan fingerprint density at radius 1 is 1.35 bits per heavy atom. The number of hydrogen-bond donors (Lipinski definition) is 1. The number of nitrogens with two attached hydrogens (primary N) is 1. The van der Waals surface area contributed by atoms with Crippen molar-refractivity contribution < 1.29 is 8.42 Å². The van der Waals surface area contributed by atoms with Crippen LogP contribution in [0.3, 0.4) is 0 Å². The maximum atomic E-state index is 12.3. The van der Waals surface area contributed by atoms with E-state index >= 15 is 0 Å². The number of thiophene rings is 1. The van der Waals surface area contributed by atoms with Crippen molar-refractivity contribution in [3.63, 3.8) is 0 Å². The Kier molecular flexibility index (Phi) is 4.09. The fraction of sp³-hybridized carbons (Fsp3) is 0.154. The molecule has 1 aromatic heterocycles. The van der Waals surface area contributed by atoms with Gasteiger partial charge in [-0.25, -0.2) is 8.42 Å². The minimum Gasteiger partial charge on any atom is -0.398 e. The van der Waals surface area contributed by atoms with E-state index in [2.05, 4.69) is 0 Å². The molecule has 0 unspecified atom stereocenters. The van der Waals surface area contributed by atoms with Gasteiger partial charge in [0.05, 0.1) is 11.6 Å². The number of nitrogen functional groups attached to an aromatic ring is 1. The summed E-state index contributed by atoms with van der Waals surface area (Å²) in [6.07, 6.45) is 0. The summed E-state index contributed by atoms with van der Waals surface area (Å²) < 4.78 is 26.1. The summed E-state index contributed by atoms with van der Waals surface area (Å²) in [5.41, 5.74) is 7.37. The van der Waals surface area contributed by atoms with Gasteiger partial charge < -0.3 is 5.73 Å². The summed E-state index contributed by atoms with van der Waals surface area (Å²) in [5.74, 6) is 0. The highest BCUT2D eigenvalue weighted by molar-refractivity contribution is 7.91. The molecule has 0 saturated heterocycles. The van der Waals surface area contributed by atoms with Gasteiger partial charge in [0.1, 0.15) is 4.21 Å². The molecule has 0 bridgehead atoms. The first kappa shape index (κ1) is 14.5. The van der Waals surface area contributed by atoms with Gasteiger partial charge in [-0.15, -0.1) is 11.3 Å². The molecule has 0 radical (unpaired) electrons. The van der Waals surface area contributed by atoms with E-state index in [1.54, 1.807) is 29.6 Å². The van der Waals surface area contributed by atoms with E-state index in [1.165, 1.54) is 17.4 Å². The van der Waals surface area contributed by atoms with E-state index in [1.807, 2.05) is 6.07 Å². The highest BCUT2D eigenvalue weighted by Crippen LogP contribution is 2.25. The van der Waals surface area contributed by atoms with Crippen LogP contribution in [0, 0.1) is 11.3 Å². The average molecular weight is 307 g/mol. The van der Waals surface area contributed by atoms with Crippen molar-refractivity contribution in [2.24, 2.45) is 0 Å². The van der Waals surface area contributed by atoms with Gasteiger partial charge in [-0.2, -0.15) is 9.57 Å². The molecule has 104 valence electrons. The molecule has 0 saturated carbocycles. The Balaban J connectivity index is 2.18. The van der Waals surface area contributed by atoms with E-state index in [4.69, 9.17) is 11.0 Å². The molecule has 0 aliphatic heterocycles. The monoisotopic (exact) mass is 307 g/mol. The maximum absolute atomic E-state index is 12.3. The number of sulfonamides is 1. The Hall–Kier alpha value is -1.88. The van der Waals surface area contributed by atoms with Crippen LogP contribution in [0.4, 0.5) is 5.69 Å². The summed E-state index contributed by atoms with van der Waals surface area (Å²) in [5, 5.41) is 10.3. The zero-order valence-electron chi connectivity index (χ0n) is 10.8. The minimum absolute atomic E-state index is 0.228. The van der Waals surface area contributed by atoms with Crippen molar-refractivity contribution in [2.45, 2.75) is 10.8 Å². The molecule has 5 nitrogen and oxygen atoms in total. The molecular formula is C13H13N3O2S2. The topological polar surface area (TPSA) is 87.2 Å². The summed E-state index contributed by atoms with van der Waals surface area (Å²) in [4.78, 5) is 0. The van der Waals surface area contributed by atoms with Crippen LogP contribution in [0.5, 0.6) is 0 Å². The molecule has 2 rings (SSSR count). The van der Waals surface area contributed by atoms with Crippen molar-refractivity contribution in [1.82, 2.24) is 4.31 Å². The van der Waals surface area contributed by atoms with Gasteiger partial charge in [-0.05, 0) is 23.8 Å².